The highest BCUT2D eigenvalue weighted by molar-refractivity contribution is 5.80. The number of hydrogen-bond acceptors (Lipinski definition) is 2. The number of amides is 1. The highest BCUT2D eigenvalue weighted by Crippen LogP contribution is 2.31. The first kappa shape index (κ1) is 17.8. The van der Waals surface area contributed by atoms with Gasteiger partial charge in [0.15, 0.2) is 5.96 Å². The quantitative estimate of drug-likeness (QED) is 0.651. The monoisotopic (exact) mass is 342 g/mol. The number of guanidine groups is 1. The fraction of sp³-hybridized carbons (Fsp3) is 0.600. The summed E-state index contributed by atoms with van der Waals surface area (Å²) in [5.74, 6) is 1.65. The summed E-state index contributed by atoms with van der Waals surface area (Å²) in [4.78, 5) is 18.0. The predicted octanol–water partition coefficient (Wildman–Crippen LogP) is 2.27. The van der Waals surface area contributed by atoms with Gasteiger partial charge in [-0.05, 0) is 49.1 Å². The van der Waals surface area contributed by atoms with Gasteiger partial charge in [0.2, 0.25) is 5.91 Å². The zero-order valence-corrected chi connectivity index (χ0v) is 15.2. The third kappa shape index (κ3) is 4.53. The van der Waals surface area contributed by atoms with E-state index in [4.69, 9.17) is 5.73 Å². The largest absolute Gasteiger partial charge is 0.370 e. The number of fused-ring (bicyclic) bond motifs is 1. The summed E-state index contributed by atoms with van der Waals surface area (Å²) in [5, 5.41) is 3.58. The number of likely N-dealkylation sites (tertiary alicyclic amines) is 1. The molecule has 25 heavy (non-hydrogen) atoms. The molecular formula is C20H30N4O. The van der Waals surface area contributed by atoms with Crippen molar-refractivity contribution in [1.82, 2.24) is 10.2 Å². The van der Waals surface area contributed by atoms with Crippen LogP contribution >= 0.6 is 0 Å². The molecule has 5 nitrogen and oxygen atoms in total. The standard InChI is InChI=1S/C20H30N4O/c1-22-20(24-11-5-6-15(14-24)12-19(21)25)23-13-17-9-4-8-16-7-2-3-10-18(16)17/h2-3,7,10,15,17H,4-6,8-9,11-14H2,1H3,(H2,21,25)(H,22,23). The maximum atomic E-state index is 11.2. The second-order valence-corrected chi connectivity index (χ2v) is 7.34. The van der Waals surface area contributed by atoms with Gasteiger partial charge in [0.05, 0.1) is 0 Å². The molecule has 2 aliphatic rings. The van der Waals surface area contributed by atoms with E-state index in [-0.39, 0.29) is 5.91 Å². The van der Waals surface area contributed by atoms with E-state index in [9.17, 15) is 4.79 Å². The van der Waals surface area contributed by atoms with Crippen LogP contribution in [0.3, 0.4) is 0 Å². The lowest BCUT2D eigenvalue weighted by Crippen LogP contribution is -2.48. The summed E-state index contributed by atoms with van der Waals surface area (Å²) in [7, 11) is 1.84. The van der Waals surface area contributed by atoms with Crippen LogP contribution in [0, 0.1) is 5.92 Å². The smallest absolute Gasteiger partial charge is 0.217 e. The summed E-state index contributed by atoms with van der Waals surface area (Å²) in [6, 6.07) is 8.81. The van der Waals surface area contributed by atoms with E-state index in [0.29, 0.717) is 18.3 Å². The Morgan fingerprint density at radius 1 is 1.32 bits per heavy atom. The number of primary amides is 1. The van der Waals surface area contributed by atoms with Crippen molar-refractivity contribution in [3.63, 3.8) is 0 Å². The number of nitrogens with one attached hydrogen (secondary N) is 1. The highest BCUT2D eigenvalue weighted by Gasteiger charge is 2.25. The van der Waals surface area contributed by atoms with Crippen LogP contribution < -0.4 is 11.1 Å². The van der Waals surface area contributed by atoms with Crippen LogP contribution in [0.2, 0.25) is 0 Å². The molecule has 5 heteroatoms. The molecule has 1 aliphatic carbocycles. The van der Waals surface area contributed by atoms with Gasteiger partial charge in [0.1, 0.15) is 0 Å². The van der Waals surface area contributed by atoms with Crippen LogP contribution in [-0.4, -0.2) is 43.4 Å². The molecule has 2 atom stereocenters. The van der Waals surface area contributed by atoms with Crippen molar-refractivity contribution in [1.29, 1.82) is 0 Å². The number of nitrogens with zero attached hydrogens (tertiary/aromatic N) is 2. The van der Waals surface area contributed by atoms with E-state index in [1.165, 1.54) is 30.4 Å². The Morgan fingerprint density at radius 2 is 2.16 bits per heavy atom. The average molecular weight is 342 g/mol. The minimum atomic E-state index is -0.200. The molecule has 3 N–H and O–H groups in total. The van der Waals surface area contributed by atoms with Crippen molar-refractivity contribution < 1.29 is 4.79 Å². The SMILES string of the molecule is CN=C(NCC1CCCc2ccccc21)N1CCCC(CC(N)=O)C1. The van der Waals surface area contributed by atoms with Crippen molar-refractivity contribution in [3.05, 3.63) is 35.4 Å². The third-order valence-electron chi connectivity index (χ3n) is 5.52. The number of rotatable bonds is 4. The average Bonchev–Trinajstić information content (AvgIpc) is 2.62. The Bertz CT molecular complexity index is 628. The molecule has 3 rings (SSSR count). The molecular weight excluding hydrogens is 312 g/mol. The summed E-state index contributed by atoms with van der Waals surface area (Å²) < 4.78 is 0. The summed E-state index contributed by atoms with van der Waals surface area (Å²) in [5.41, 5.74) is 8.36. The summed E-state index contributed by atoms with van der Waals surface area (Å²) in [6.45, 7) is 2.78. The topological polar surface area (TPSA) is 70.7 Å². The van der Waals surface area contributed by atoms with Crippen LogP contribution in [0.5, 0.6) is 0 Å². The van der Waals surface area contributed by atoms with Crippen molar-refractivity contribution in [2.24, 2.45) is 16.6 Å². The van der Waals surface area contributed by atoms with Crippen LogP contribution in [0.15, 0.2) is 29.3 Å². The Kier molecular flexibility index (Phi) is 5.95. The molecule has 2 unspecified atom stereocenters. The Labute approximate surface area is 150 Å². The van der Waals surface area contributed by atoms with E-state index in [0.717, 1.165) is 38.4 Å². The van der Waals surface area contributed by atoms with E-state index >= 15 is 0 Å². The van der Waals surface area contributed by atoms with Gasteiger partial charge in [-0.3, -0.25) is 9.79 Å². The van der Waals surface area contributed by atoms with Crippen LogP contribution in [0.25, 0.3) is 0 Å². The second-order valence-electron chi connectivity index (χ2n) is 7.34. The number of carbonyl (C=O) groups excluding carboxylic acids is 1. The molecule has 1 aromatic rings. The number of piperidine rings is 1. The molecule has 1 aromatic carbocycles. The lowest BCUT2D eigenvalue weighted by atomic mass is 9.83. The van der Waals surface area contributed by atoms with Crippen LogP contribution in [0.4, 0.5) is 0 Å². The molecule has 1 saturated heterocycles. The van der Waals surface area contributed by atoms with Gasteiger partial charge < -0.3 is 16.0 Å². The first-order valence-electron chi connectivity index (χ1n) is 9.49. The zero-order valence-electron chi connectivity index (χ0n) is 15.2. The first-order valence-corrected chi connectivity index (χ1v) is 9.49. The van der Waals surface area contributed by atoms with Gasteiger partial charge >= 0.3 is 0 Å². The van der Waals surface area contributed by atoms with E-state index in [2.05, 4.69) is 39.5 Å². The molecule has 0 aromatic heterocycles. The molecule has 136 valence electrons. The molecule has 0 bridgehead atoms. The normalized spacial score (nSPS) is 23.9. The number of nitrogens with two attached hydrogens (primary N) is 1. The zero-order chi connectivity index (χ0) is 17.6. The second kappa shape index (κ2) is 8.37. The molecule has 1 aliphatic heterocycles. The van der Waals surface area contributed by atoms with Crippen LogP contribution in [-0.2, 0) is 11.2 Å². The van der Waals surface area contributed by atoms with Crippen molar-refractivity contribution in [2.45, 2.75) is 44.4 Å². The minimum absolute atomic E-state index is 0.200. The first-order chi connectivity index (χ1) is 12.2. The van der Waals surface area contributed by atoms with Gasteiger partial charge in [-0.1, -0.05) is 24.3 Å². The lowest BCUT2D eigenvalue weighted by Gasteiger charge is -2.35. The molecule has 0 saturated carbocycles. The fourth-order valence-corrected chi connectivity index (χ4v) is 4.32. The van der Waals surface area contributed by atoms with Gasteiger partial charge in [-0.25, -0.2) is 0 Å². The Hall–Kier alpha value is -2.04. The third-order valence-corrected chi connectivity index (χ3v) is 5.52. The molecule has 1 heterocycles. The Morgan fingerprint density at radius 3 is 2.96 bits per heavy atom. The number of aryl methyl sites for hydroxylation is 1. The van der Waals surface area contributed by atoms with Gasteiger partial charge in [-0.2, -0.15) is 0 Å². The van der Waals surface area contributed by atoms with Crippen LogP contribution in [0.1, 0.15) is 49.1 Å². The molecule has 0 spiro atoms. The maximum absolute atomic E-state index is 11.2. The van der Waals surface area contributed by atoms with E-state index < -0.39 is 0 Å². The lowest BCUT2D eigenvalue weighted by molar-refractivity contribution is -0.119. The number of aliphatic imine (C=N–C) groups is 1. The number of carbonyl (C=O) groups is 1. The van der Waals surface area contributed by atoms with Gasteiger partial charge in [0.25, 0.3) is 0 Å². The maximum Gasteiger partial charge on any atom is 0.217 e. The summed E-state index contributed by atoms with van der Waals surface area (Å²) >= 11 is 0. The van der Waals surface area contributed by atoms with Gasteiger partial charge in [-0.15, -0.1) is 0 Å². The van der Waals surface area contributed by atoms with E-state index in [1.807, 2.05) is 7.05 Å². The molecule has 1 amide bonds. The van der Waals surface area contributed by atoms with Crippen molar-refractivity contribution in [3.8, 4) is 0 Å². The van der Waals surface area contributed by atoms with Crippen molar-refractivity contribution >= 4 is 11.9 Å². The molecule has 0 radical (unpaired) electrons. The van der Waals surface area contributed by atoms with E-state index in [1.54, 1.807) is 0 Å². The van der Waals surface area contributed by atoms with Gasteiger partial charge in [0, 0.05) is 39.0 Å². The minimum Gasteiger partial charge on any atom is -0.370 e. The van der Waals surface area contributed by atoms with Crippen molar-refractivity contribution in [2.75, 3.05) is 26.7 Å². The summed E-state index contributed by atoms with van der Waals surface area (Å²) in [6.07, 6.45) is 6.32. The Balaban J connectivity index is 1.59. The number of hydrogen-bond donors (Lipinski definition) is 2. The fourth-order valence-electron chi connectivity index (χ4n) is 4.32. The predicted molar refractivity (Wildman–Crippen MR) is 102 cm³/mol. The highest BCUT2D eigenvalue weighted by atomic mass is 16.1. The molecule has 1 fully saturated rings. The number of benzene rings is 1.